The van der Waals surface area contributed by atoms with Crippen LogP contribution >= 0.6 is 0 Å². The van der Waals surface area contributed by atoms with Gasteiger partial charge in [0.15, 0.2) is 0 Å². The minimum Gasteiger partial charge on any atom is -0.463 e. The largest absolute Gasteiger partial charge is 0.463 e. The molecule has 2 unspecified atom stereocenters. The van der Waals surface area contributed by atoms with Gasteiger partial charge in [0.2, 0.25) is 0 Å². The van der Waals surface area contributed by atoms with Crippen LogP contribution in [0.1, 0.15) is 30.4 Å². The topological polar surface area (TPSA) is 46.9 Å². The molecule has 1 saturated heterocycles. The number of nitrogens with one attached hydrogen (secondary N) is 1. The summed E-state index contributed by atoms with van der Waals surface area (Å²) in [6, 6.07) is 2.14. The maximum absolute atomic E-state index is 5.97. The van der Waals surface area contributed by atoms with Crippen LogP contribution in [0.2, 0.25) is 0 Å². The summed E-state index contributed by atoms with van der Waals surface area (Å²) >= 11 is 0. The molecule has 2 heterocycles. The molecular weight excluding hydrogens is 268 g/mol. The fourth-order valence-electron chi connectivity index (χ4n) is 2.84. The Hall–Kier alpha value is -0.880. The third-order valence-electron chi connectivity index (χ3n) is 4.06. The molecule has 0 bridgehead atoms. The Bertz CT molecular complexity index is 421. The van der Waals surface area contributed by atoms with Gasteiger partial charge >= 0.3 is 0 Å². The molecule has 0 spiro atoms. The molecule has 0 aromatic carbocycles. The molecule has 1 aromatic heterocycles. The predicted octanol–water partition coefficient (Wildman–Crippen LogP) is 1.93. The van der Waals surface area contributed by atoms with Crippen molar-refractivity contribution in [1.82, 2.24) is 10.2 Å². The number of hydrogen-bond donors (Lipinski definition) is 1. The highest BCUT2D eigenvalue weighted by Crippen LogP contribution is 2.21. The molecule has 1 aliphatic rings. The van der Waals surface area contributed by atoms with Crippen LogP contribution in [0.4, 0.5) is 0 Å². The number of rotatable bonds is 8. The minimum atomic E-state index is 0.150. The summed E-state index contributed by atoms with van der Waals surface area (Å²) in [4.78, 5) is 2.32. The fraction of sp³-hybridized carbons (Fsp3) is 0.750. The van der Waals surface area contributed by atoms with E-state index in [1.165, 1.54) is 5.56 Å². The number of aryl methyl sites for hydroxylation is 1. The number of nitrogens with zero attached hydrogens (tertiary/aromatic N) is 1. The molecular formula is C16H28N2O3. The minimum absolute atomic E-state index is 0.150. The van der Waals surface area contributed by atoms with Crippen LogP contribution in [0, 0.1) is 6.92 Å². The van der Waals surface area contributed by atoms with Gasteiger partial charge in [0.1, 0.15) is 11.5 Å². The van der Waals surface area contributed by atoms with Gasteiger partial charge in [0, 0.05) is 27.3 Å². The van der Waals surface area contributed by atoms with Crippen LogP contribution in [0.5, 0.6) is 0 Å². The predicted molar refractivity (Wildman–Crippen MR) is 82.3 cm³/mol. The average Bonchev–Trinajstić information content (AvgIpc) is 3.03. The first-order valence-corrected chi connectivity index (χ1v) is 7.74. The first-order chi connectivity index (χ1) is 10.2. The Kier molecular flexibility index (Phi) is 6.23. The Morgan fingerprint density at radius 1 is 1.29 bits per heavy atom. The van der Waals surface area contributed by atoms with Gasteiger partial charge in [0.05, 0.1) is 25.3 Å². The molecule has 0 aliphatic carbocycles. The van der Waals surface area contributed by atoms with Gasteiger partial charge in [-0.15, -0.1) is 0 Å². The van der Waals surface area contributed by atoms with E-state index in [0.717, 1.165) is 50.7 Å². The first kappa shape index (κ1) is 16.5. The van der Waals surface area contributed by atoms with Crippen LogP contribution in [0.15, 0.2) is 10.5 Å². The third kappa shape index (κ3) is 4.30. The number of methoxy groups -OCH3 is 2. The Balaban J connectivity index is 1.90. The number of ether oxygens (including phenoxy) is 2. The molecule has 1 fully saturated rings. The second kappa shape index (κ2) is 7.94. The lowest BCUT2D eigenvalue weighted by molar-refractivity contribution is -0.00461. The zero-order valence-corrected chi connectivity index (χ0v) is 13.6. The normalized spacial score (nSPS) is 23.0. The lowest BCUT2D eigenvalue weighted by Gasteiger charge is -2.13. The van der Waals surface area contributed by atoms with Crippen LogP contribution in [-0.2, 0) is 22.6 Å². The van der Waals surface area contributed by atoms with Crippen molar-refractivity contribution in [2.75, 3.05) is 33.9 Å². The Labute approximate surface area is 127 Å². The van der Waals surface area contributed by atoms with Crippen molar-refractivity contribution >= 4 is 0 Å². The van der Waals surface area contributed by atoms with Gasteiger partial charge in [-0.2, -0.15) is 0 Å². The summed E-state index contributed by atoms with van der Waals surface area (Å²) in [5, 5.41) is 3.38. The lowest BCUT2D eigenvalue weighted by atomic mass is 10.2. The molecule has 1 N–H and O–H groups in total. The number of hydrogen-bond acceptors (Lipinski definition) is 5. The average molecular weight is 296 g/mol. The molecule has 1 aliphatic heterocycles. The van der Waals surface area contributed by atoms with Crippen molar-refractivity contribution in [3.8, 4) is 0 Å². The van der Waals surface area contributed by atoms with Crippen molar-refractivity contribution in [2.45, 2.75) is 45.6 Å². The third-order valence-corrected chi connectivity index (χ3v) is 4.06. The van der Waals surface area contributed by atoms with Gasteiger partial charge in [-0.3, -0.25) is 4.90 Å². The molecule has 0 saturated carbocycles. The molecule has 0 radical (unpaired) electrons. The zero-order chi connectivity index (χ0) is 15.2. The smallest absolute Gasteiger partial charge is 0.120 e. The summed E-state index contributed by atoms with van der Waals surface area (Å²) in [6.45, 7) is 8.69. The van der Waals surface area contributed by atoms with Crippen LogP contribution in [0.25, 0.3) is 0 Å². The van der Waals surface area contributed by atoms with E-state index < -0.39 is 0 Å². The SMILES string of the molecule is CCCNCc1oc(CN2CC(OC)C(OC)C2)cc1C. The number of likely N-dealkylation sites (tertiary alicyclic amines) is 1. The van der Waals surface area contributed by atoms with Gasteiger partial charge in [0.25, 0.3) is 0 Å². The van der Waals surface area contributed by atoms with Crippen molar-refractivity contribution in [3.05, 3.63) is 23.2 Å². The lowest BCUT2D eigenvalue weighted by Crippen LogP contribution is -2.27. The van der Waals surface area contributed by atoms with E-state index in [1.807, 2.05) is 0 Å². The highest BCUT2D eigenvalue weighted by molar-refractivity contribution is 5.20. The molecule has 5 nitrogen and oxygen atoms in total. The van der Waals surface area contributed by atoms with E-state index in [2.05, 4.69) is 30.1 Å². The summed E-state index contributed by atoms with van der Waals surface area (Å²) in [5.74, 6) is 2.07. The van der Waals surface area contributed by atoms with Gasteiger partial charge in [-0.25, -0.2) is 0 Å². The molecule has 0 amide bonds. The zero-order valence-electron chi connectivity index (χ0n) is 13.6. The van der Waals surface area contributed by atoms with E-state index in [-0.39, 0.29) is 12.2 Å². The number of furan rings is 1. The highest BCUT2D eigenvalue weighted by atomic mass is 16.5. The Morgan fingerprint density at radius 3 is 2.52 bits per heavy atom. The summed E-state index contributed by atoms with van der Waals surface area (Å²) < 4.78 is 16.9. The Morgan fingerprint density at radius 2 is 1.95 bits per heavy atom. The maximum atomic E-state index is 5.97. The summed E-state index contributed by atoms with van der Waals surface area (Å²) in [7, 11) is 3.49. The van der Waals surface area contributed by atoms with Crippen molar-refractivity contribution < 1.29 is 13.9 Å². The van der Waals surface area contributed by atoms with Crippen molar-refractivity contribution in [2.24, 2.45) is 0 Å². The quantitative estimate of drug-likeness (QED) is 0.743. The van der Waals surface area contributed by atoms with E-state index in [0.29, 0.717) is 0 Å². The fourth-order valence-corrected chi connectivity index (χ4v) is 2.84. The molecule has 2 atom stereocenters. The summed E-state index contributed by atoms with van der Waals surface area (Å²) in [5.41, 5.74) is 1.22. The standard InChI is InChI=1S/C16H28N2O3/c1-5-6-17-8-14-12(2)7-13(21-14)9-18-10-15(19-3)16(11-18)20-4/h7,15-17H,5-6,8-11H2,1-4H3. The van der Waals surface area contributed by atoms with E-state index in [4.69, 9.17) is 13.9 Å². The van der Waals surface area contributed by atoms with Crippen LogP contribution in [0.3, 0.4) is 0 Å². The maximum Gasteiger partial charge on any atom is 0.120 e. The summed E-state index contributed by atoms with van der Waals surface area (Å²) in [6.07, 6.45) is 1.44. The van der Waals surface area contributed by atoms with Crippen LogP contribution in [-0.4, -0.2) is 51.0 Å². The molecule has 21 heavy (non-hydrogen) atoms. The van der Waals surface area contributed by atoms with E-state index in [9.17, 15) is 0 Å². The van der Waals surface area contributed by atoms with E-state index in [1.54, 1.807) is 14.2 Å². The van der Waals surface area contributed by atoms with Gasteiger partial charge in [-0.1, -0.05) is 6.92 Å². The van der Waals surface area contributed by atoms with Crippen molar-refractivity contribution in [3.63, 3.8) is 0 Å². The molecule has 1 aromatic rings. The molecule has 2 rings (SSSR count). The highest BCUT2D eigenvalue weighted by Gasteiger charge is 2.33. The molecule has 5 heteroatoms. The second-order valence-electron chi connectivity index (χ2n) is 5.74. The van der Waals surface area contributed by atoms with Crippen LogP contribution < -0.4 is 5.32 Å². The second-order valence-corrected chi connectivity index (χ2v) is 5.74. The van der Waals surface area contributed by atoms with Crippen molar-refractivity contribution in [1.29, 1.82) is 0 Å². The molecule has 120 valence electrons. The van der Waals surface area contributed by atoms with Gasteiger partial charge < -0.3 is 19.2 Å². The van der Waals surface area contributed by atoms with E-state index >= 15 is 0 Å². The first-order valence-electron chi connectivity index (χ1n) is 7.74. The van der Waals surface area contributed by atoms with Gasteiger partial charge in [-0.05, 0) is 31.5 Å². The monoisotopic (exact) mass is 296 g/mol.